The van der Waals surface area contributed by atoms with Gasteiger partial charge in [-0.3, -0.25) is 4.79 Å². The summed E-state index contributed by atoms with van der Waals surface area (Å²) < 4.78 is 28.6. The lowest BCUT2D eigenvalue weighted by molar-refractivity contribution is 0.0916. The van der Waals surface area contributed by atoms with Gasteiger partial charge in [-0.15, -0.1) is 0 Å². The highest BCUT2D eigenvalue weighted by molar-refractivity contribution is 5.94. The quantitative estimate of drug-likeness (QED) is 0.748. The van der Waals surface area contributed by atoms with E-state index < -0.39 is 23.6 Å². The smallest absolute Gasteiger partial charge is 0.251 e. The van der Waals surface area contributed by atoms with Gasteiger partial charge in [-0.25, -0.2) is 13.5 Å². The SMILES string of the molecule is O=C(NC[C@@H](O)c1cccc(F)c1)c1ccc(-n2cccn2)c(F)c1. The van der Waals surface area contributed by atoms with Gasteiger partial charge in [-0.1, -0.05) is 12.1 Å². The topological polar surface area (TPSA) is 67.2 Å². The minimum absolute atomic E-state index is 0.111. The van der Waals surface area contributed by atoms with Gasteiger partial charge in [-0.05, 0) is 42.0 Å². The predicted octanol–water partition coefficient (Wildman–Crippen LogP) is 2.61. The van der Waals surface area contributed by atoms with Crippen LogP contribution in [0.5, 0.6) is 0 Å². The summed E-state index contributed by atoms with van der Waals surface area (Å²) in [5.74, 6) is -1.61. The third-order valence-corrected chi connectivity index (χ3v) is 3.65. The molecular weight excluding hydrogens is 328 g/mol. The second kappa shape index (κ2) is 7.23. The van der Waals surface area contributed by atoms with Gasteiger partial charge in [-0.2, -0.15) is 5.10 Å². The first-order valence-corrected chi connectivity index (χ1v) is 7.56. The minimum Gasteiger partial charge on any atom is -0.387 e. The molecule has 0 aliphatic heterocycles. The fraction of sp³-hybridized carbons (Fsp3) is 0.111. The van der Waals surface area contributed by atoms with Gasteiger partial charge >= 0.3 is 0 Å². The number of halogens is 2. The van der Waals surface area contributed by atoms with Crippen LogP contribution >= 0.6 is 0 Å². The third kappa shape index (κ3) is 3.89. The number of carbonyl (C=O) groups is 1. The minimum atomic E-state index is -1.06. The van der Waals surface area contributed by atoms with Gasteiger partial charge in [0.05, 0.1) is 6.10 Å². The first-order chi connectivity index (χ1) is 12.0. The Hall–Kier alpha value is -3.06. The van der Waals surface area contributed by atoms with Crippen molar-refractivity contribution in [2.75, 3.05) is 6.54 Å². The van der Waals surface area contributed by atoms with Crippen LogP contribution < -0.4 is 5.32 Å². The second-order valence-electron chi connectivity index (χ2n) is 5.40. The fourth-order valence-electron chi connectivity index (χ4n) is 2.37. The van der Waals surface area contributed by atoms with Crippen LogP contribution in [0.3, 0.4) is 0 Å². The van der Waals surface area contributed by atoms with Crippen molar-refractivity contribution in [3.63, 3.8) is 0 Å². The number of aliphatic hydroxyl groups excluding tert-OH is 1. The molecule has 1 heterocycles. The number of carbonyl (C=O) groups excluding carboxylic acids is 1. The summed E-state index contributed by atoms with van der Waals surface area (Å²) in [6.45, 7) is -0.120. The number of aromatic nitrogens is 2. The molecule has 0 radical (unpaired) electrons. The summed E-state index contributed by atoms with van der Waals surface area (Å²) in [5, 5.41) is 16.4. The van der Waals surface area contributed by atoms with E-state index in [1.54, 1.807) is 18.3 Å². The van der Waals surface area contributed by atoms with Crippen molar-refractivity contribution in [3.05, 3.63) is 83.7 Å². The van der Waals surface area contributed by atoms with Crippen LogP contribution in [0.15, 0.2) is 60.9 Å². The number of benzene rings is 2. The molecule has 0 fully saturated rings. The van der Waals surface area contributed by atoms with Gasteiger partial charge in [0.2, 0.25) is 0 Å². The molecule has 5 nitrogen and oxygen atoms in total. The van der Waals surface area contributed by atoms with E-state index in [1.807, 2.05) is 0 Å². The standard InChI is InChI=1S/C18H15F2N3O2/c19-14-4-1-3-12(9-14)17(24)11-21-18(25)13-5-6-16(15(20)10-13)23-8-2-7-22-23/h1-10,17,24H,11H2,(H,21,25)/t17-/m1/s1. The molecule has 0 unspecified atom stereocenters. The summed E-state index contributed by atoms with van der Waals surface area (Å²) in [6, 6.07) is 11.1. The van der Waals surface area contributed by atoms with Crippen LogP contribution in [0, 0.1) is 11.6 Å². The van der Waals surface area contributed by atoms with Crippen LogP contribution in [0.2, 0.25) is 0 Å². The fourth-order valence-corrected chi connectivity index (χ4v) is 2.37. The predicted molar refractivity (Wildman–Crippen MR) is 87.2 cm³/mol. The molecule has 25 heavy (non-hydrogen) atoms. The van der Waals surface area contributed by atoms with Crippen molar-refractivity contribution in [1.82, 2.24) is 15.1 Å². The van der Waals surface area contributed by atoms with Gasteiger partial charge in [0.25, 0.3) is 5.91 Å². The second-order valence-corrected chi connectivity index (χ2v) is 5.40. The van der Waals surface area contributed by atoms with E-state index in [-0.39, 0.29) is 17.8 Å². The van der Waals surface area contributed by atoms with Gasteiger partial charge in [0.15, 0.2) is 0 Å². The molecule has 0 bridgehead atoms. The lowest BCUT2D eigenvalue weighted by Gasteiger charge is -2.13. The van der Waals surface area contributed by atoms with Crippen LogP contribution in [0.1, 0.15) is 22.0 Å². The maximum atomic E-state index is 14.2. The third-order valence-electron chi connectivity index (χ3n) is 3.65. The van der Waals surface area contributed by atoms with E-state index in [1.165, 1.54) is 41.2 Å². The van der Waals surface area contributed by atoms with E-state index in [4.69, 9.17) is 0 Å². The summed E-state index contributed by atoms with van der Waals surface area (Å²) in [6.07, 6.45) is 2.05. The van der Waals surface area contributed by atoms with E-state index in [2.05, 4.69) is 10.4 Å². The Labute approximate surface area is 142 Å². The lowest BCUT2D eigenvalue weighted by Crippen LogP contribution is -2.28. The molecular formula is C18H15F2N3O2. The highest BCUT2D eigenvalue weighted by atomic mass is 19.1. The molecule has 3 rings (SSSR count). The molecule has 1 amide bonds. The van der Waals surface area contributed by atoms with Gasteiger partial charge in [0, 0.05) is 24.5 Å². The maximum Gasteiger partial charge on any atom is 0.251 e. The van der Waals surface area contributed by atoms with Crippen LogP contribution in [0.4, 0.5) is 8.78 Å². The lowest BCUT2D eigenvalue weighted by atomic mass is 10.1. The number of amides is 1. The average molecular weight is 343 g/mol. The Morgan fingerprint density at radius 3 is 2.72 bits per heavy atom. The molecule has 7 heteroatoms. The summed E-state index contributed by atoms with van der Waals surface area (Å²) in [4.78, 5) is 12.1. The average Bonchev–Trinajstić information content (AvgIpc) is 3.13. The first kappa shape index (κ1) is 16.8. The summed E-state index contributed by atoms with van der Waals surface area (Å²) in [7, 11) is 0. The molecule has 0 spiro atoms. The van der Waals surface area contributed by atoms with E-state index in [9.17, 15) is 18.7 Å². The number of rotatable bonds is 5. The highest BCUT2D eigenvalue weighted by Gasteiger charge is 2.14. The molecule has 2 N–H and O–H groups in total. The van der Waals surface area contributed by atoms with Gasteiger partial charge in [0.1, 0.15) is 17.3 Å². The van der Waals surface area contributed by atoms with Gasteiger partial charge < -0.3 is 10.4 Å². The zero-order valence-corrected chi connectivity index (χ0v) is 13.1. The van der Waals surface area contributed by atoms with Crippen LogP contribution in [-0.4, -0.2) is 27.3 Å². The first-order valence-electron chi connectivity index (χ1n) is 7.56. The Morgan fingerprint density at radius 1 is 1.20 bits per heavy atom. The van der Waals surface area contributed by atoms with E-state index in [0.717, 1.165) is 6.07 Å². The molecule has 0 aliphatic carbocycles. The van der Waals surface area contributed by atoms with Crippen molar-refractivity contribution in [1.29, 1.82) is 0 Å². The summed E-state index contributed by atoms with van der Waals surface area (Å²) >= 11 is 0. The molecule has 3 aromatic rings. The highest BCUT2D eigenvalue weighted by Crippen LogP contribution is 2.16. The number of nitrogens with zero attached hydrogens (tertiary/aromatic N) is 2. The zero-order chi connectivity index (χ0) is 17.8. The molecule has 0 saturated carbocycles. The van der Waals surface area contributed by atoms with Crippen molar-refractivity contribution >= 4 is 5.91 Å². The largest absolute Gasteiger partial charge is 0.387 e. The maximum absolute atomic E-state index is 14.2. The van der Waals surface area contributed by atoms with E-state index >= 15 is 0 Å². The molecule has 128 valence electrons. The van der Waals surface area contributed by atoms with E-state index in [0.29, 0.717) is 5.56 Å². The normalized spacial score (nSPS) is 12.0. The molecule has 2 aromatic carbocycles. The van der Waals surface area contributed by atoms with Crippen molar-refractivity contribution in [2.45, 2.75) is 6.10 Å². The Kier molecular flexibility index (Phi) is 4.85. The Bertz CT molecular complexity index is 882. The Morgan fingerprint density at radius 2 is 2.04 bits per heavy atom. The van der Waals surface area contributed by atoms with Crippen molar-refractivity contribution in [3.8, 4) is 5.69 Å². The molecule has 0 aliphatic rings. The van der Waals surface area contributed by atoms with Crippen LogP contribution in [0.25, 0.3) is 5.69 Å². The number of hydrogen-bond donors (Lipinski definition) is 2. The number of aliphatic hydroxyl groups is 1. The zero-order valence-electron chi connectivity index (χ0n) is 13.1. The number of hydrogen-bond acceptors (Lipinski definition) is 3. The monoisotopic (exact) mass is 343 g/mol. The van der Waals surface area contributed by atoms with Crippen molar-refractivity contribution in [2.24, 2.45) is 0 Å². The Balaban J connectivity index is 1.66. The molecule has 1 atom stereocenters. The summed E-state index contributed by atoms with van der Waals surface area (Å²) in [5.41, 5.74) is 0.682. The molecule has 1 aromatic heterocycles. The molecule has 0 saturated heterocycles. The number of nitrogens with one attached hydrogen (secondary N) is 1. The van der Waals surface area contributed by atoms with Crippen molar-refractivity contribution < 1.29 is 18.7 Å². The van der Waals surface area contributed by atoms with Crippen LogP contribution in [-0.2, 0) is 0 Å².